The van der Waals surface area contributed by atoms with E-state index in [0.717, 1.165) is 0 Å². The van der Waals surface area contributed by atoms with Crippen molar-refractivity contribution in [1.82, 2.24) is 10.2 Å². The second-order valence-corrected chi connectivity index (χ2v) is 4.86. The molecule has 2 amide bonds. The van der Waals surface area contributed by atoms with Crippen LogP contribution in [0.3, 0.4) is 0 Å². The monoisotopic (exact) mass is 274 g/mol. The fourth-order valence-electron chi connectivity index (χ4n) is 1.40. The van der Waals surface area contributed by atoms with Crippen LogP contribution in [0.15, 0.2) is 0 Å². The van der Waals surface area contributed by atoms with Crippen molar-refractivity contribution in [3.8, 4) is 0 Å². The summed E-state index contributed by atoms with van der Waals surface area (Å²) in [4.78, 5) is 34.9. The third-order valence-corrected chi connectivity index (χ3v) is 2.34. The van der Waals surface area contributed by atoms with Gasteiger partial charge in [0.1, 0.15) is 0 Å². The van der Waals surface area contributed by atoms with Gasteiger partial charge in [0, 0.05) is 19.1 Å². The maximum atomic E-state index is 11.8. The predicted molar refractivity (Wildman–Crippen MR) is 68.7 cm³/mol. The van der Waals surface area contributed by atoms with Crippen LogP contribution < -0.4 is 5.32 Å². The summed E-state index contributed by atoms with van der Waals surface area (Å²) in [5.41, 5.74) is -0.846. The molecule has 0 bridgehead atoms. The maximum absolute atomic E-state index is 11.8. The molecule has 2 N–H and O–H groups in total. The third kappa shape index (κ3) is 8.01. The lowest BCUT2D eigenvalue weighted by atomic mass is 10.0. The number of hydrogen-bond donors (Lipinski definition) is 2. The van der Waals surface area contributed by atoms with Gasteiger partial charge in [0.05, 0.1) is 19.4 Å². The number of aliphatic carboxylic acids is 1. The number of carbonyl (C=O) groups excluding carboxylic acids is 2. The normalized spacial score (nSPS) is 10.7. The molecule has 0 aliphatic rings. The van der Waals surface area contributed by atoms with E-state index in [1.165, 1.54) is 11.9 Å². The quantitative estimate of drug-likeness (QED) is 0.670. The SMILES string of the molecule is CCOC(=O)CCN(C)C(=O)NC(C)(C)CC(=O)O. The molecular weight excluding hydrogens is 252 g/mol. The molecule has 0 unspecified atom stereocenters. The number of nitrogens with zero attached hydrogens (tertiary/aromatic N) is 1. The van der Waals surface area contributed by atoms with Crippen LogP contribution in [0.1, 0.15) is 33.6 Å². The maximum Gasteiger partial charge on any atom is 0.317 e. The Morgan fingerprint density at radius 1 is 1.32 bits per heavy atom. The zero-order valence-electron chi connectivity index (χ0n) is 11.9. The van der Waals surface area contributed by atoms with E-state index in [1.54, 1.807) is 20.8 Å². The predicted octanol–water partition coefficient (Wildman–Crippen LogP) is 0.834. The summed E-state index contributed by atoms with van der Waals surface area (Å²) in [6.07, 6.45) is -0.0679. The Morgan fingerprint density at radius 2 is 1.89 bits per heavy atom. The first kappa shape index (κ1) is 17.2. The molecule has 0 aromatic heterocycles. The summed E-state index contributed by atoms with van der Waals surface area (Å²) < 4.78 is 4.75. The van der Waals surface area contributed by atoms with E-state index in [-0.39, 0.29) is 25.4 Å². The van der Waals surface area contributed by atoms with Gasteiger partial charge in [-0.25, -0.2) is 4.79 Å². The summed E-state index contributed by atoms with van der Waals surface area (Å²) in [6.45, 7) is 5.48. The van der Waals surface area contributed by atoms with E-state index in [4.69, 9.17) is 9.84 Å². The molecule has 7 nitrogen and oxygen atoms in total. The molecule has 0 fully saturated rings. The summed E-state index contributed by atoms with van der Waals surface area (Å²) >= 11 is 0. The lowest BCUT2D eigenvalue weighted by Crippen LogP contribution is -2.50. The van der Waals surface area contributed by atoms with E-state index < -0.39 is 17.5 Å². The number of carboxylic acids is 1. The summed E-state index contributed by atoms with van der Waals surface area (Å²) in [5.74, 6) is -1.36. The number of ether oxygens (including phenoxy) is 1. The van der Waals surface area contributed by atoms with Gasteiger partial charge in [0.2, 0.25) is 0 Å². The van der Waals surface area contributed by atoms with Crippen molar-refractivity contribution in [3.05, 3.63) is 0 Å². The van der Waals surface area contributed by atoms with E-state index in [2.05, 4.69) is 5.32 Å². The average molecular weight is 274 g/mol. The lowest BCUT2D eigenvalue weighted by Gasteiger charge is -2.27. The zero-order chi connectivity index (χ0) is 15.1. The molecular formula is C12H22N2O5. The van der Waals surface area contributed by atoms with Gasteiger partial charge in [-0.3, -0.25) is 9.59 Å². The van der Waals surface area contributed by atoms with E-state index in [9.17, 15) is 14.4 Å². The first-order chi connectivity index (χ1) is 8.68. The highest BCUT2D eigenvalue weighted by Gasteiger charge is 2.25. The highest BCUT2D eigenvalue weighted by atomic mass is 16.5. The molecule has 0 aromatic rings. The highest BCUT2D eigenvalue weighted by Crippen LogP contribution is 2.08. The Balaban J connectivity index is 4.19. The molecule has 0 radical (unpaired) electrons. The molecule has 0 heterocycles. The number of carbonyl (C=O) groups is 3. The van der Waals surface area contributed by atoms with Crippen LogP contribution in [0, 0.1) is 0 Å². The minimum absolute atomic E-state index is 0.108. The van der Waals surface area contributed by atoms with Crippen molar-refractivity contribution >= 4 is 18.0 Å². The number of urea groups is 1. The third-order valence-electron chi connectivity index (χ3n) is 2.34. The number of rotatable bonds is 7. The van der Waals surface area contributed by atoms with Gasteiger partial charge >= 0.3 is 18.0 Å². The standard InChI is InChI=1S/C12H22N2O5/c1-5-19-10(17)6-7-14(4)11(18)13-12(2,3)8-9(15)16/h5-8H2,1-4H3,(H,13,18)(H,15,16). The van der Waals surface area contributed by atoms with E-state index in [1.807, 2.05) is 0 Å². The van der Waals surface area contributed by atoms with Gasteiger partial charge in [-0.15, -0.1) is 0 Å². The number of esters is 1. The van der Waals surface area contributed by atoms with Gasteiger partial charge in [0.25, 0.3) is 0 Å². The molecule has 110 valence electrons. The minimum atomic E-state index is -0.987. The van der Waals surface area contributed by atoms with Crippen LogP contribution >= 0.6 is 0 Å². The zero-order valence-corrected chi connectivity index (χ0v) is 11.9. The van der Waals surface area contributed by atoms with Crippen LogP contribution in [0.2, 0.25) is 0 Å². The van der Waals surface area contributed by atoms with Gasteiger partial charge in [0.15, 0.2) is 0 Å². The average Bonchev–Trinajstić information content (AvgIpc) is 2.23. The van der Waals surface area contributed by atoms with E-state index in [0.29, 0.717) is 6.61 Å². The first-order valence-electron chi connectivity index (χ1n) is 6.08. The Hall–Kier alpha value is -1.79. The van der Waals surface area contributed by atoms with Crippen LogP contribution in [0.25, 0.3) is 0 Å². The number of carboxylic acid groups (broad SMARTS) is 1. The Bertz CT molecular complexity index is 341. The van der Waals surface area contributed by atoms with Gasteiger partial charge < -0.3 is 20.1 Å². The fraction of sp³-hybridized carbons (Fsp3) is 0.750. The van der Waals surface area contributed by atoms with Crippen LogP contribution in [0.4, 0.5) is 4.79 Å². The molecule has 0 saturated carbocycles. The van der Waals surface area contributed by atoms with Crippen molar-refractivity contribution in [2.45, 2.75) is 39.2 Å². The molecule has 19 heavy (non-hydrogen) atoms. The molecule has 0 saturated heterocycles. The second kappa shape index (κ2) is 7.60. The largest absolute Gasteiger partial charge is 0.481 e. The smallest absolute Gasteiger partial charge is 0.317 e. The lowest BCUT2D eigenvalue weighted by molar-refractivity contribution is -0.143. The Kier molecular flexibility index (Phi) is 6.89. The Labute approximate surface area is 112 Å². The van der Waals surface area contributed by atoms with Crippen molar-refractivity contribution in [1.29, 1.82) is 0 Å². The second-order valence-electron chi connectivity index (χ2n) is 4.86. The highest BCUT2D eigenvalue weighted by molar-refractivity contribution is 5.77. The Morgan fingerprint density at radius 3 is 2.37 bits per heavy atom. The number of nitrogens with one attached hydrogen (secondary N) is 1. The van der Waals surface area contributed by atoms with Gasteiger partial charge in [-0.1, -0.05) is 0 Å². The topological polar surface area (TPSA) is 95.9 Å². The minimum Gasteiger partial charge on any atom is -0.481 e. The van der Waals surface area contributed by atoms with Crippen LogP contribution in [-0.2, 0) is 14.3 Å². The van der Waals surface area contributed by atoms with Crippen molar-refractivity contribution in [3.63, 3.8) is 0 Å². The molecule has 0 aromatic carbocycles. The van der Waals surface area contributed by atoms with Crippen molar-refractivity contribution in [2.75, 3.05) is 20.2 Å². The van der Waals surface area contributed by atoms with Gasteiger partial charge in [-0.2, -0.15) is 0 Å². The summed E-state index contributed by atoms with van der Waals surface area (Å²) in [6, 6.07) is -0.421. The molecule has 0 spiro atoms. The number of amides is 2. The molecule has 0 atom stereocenters. The molecule has 7 heteroatoms. The summed E-state index contributed by atoms with van der Waals surface area (Å²) in [7, 11) is 1.53. The van der Waals surface area contributed by atoms with Crippen molar-refractivity contribution < 1.29 is 24.2 Å². The first-order valence-corrected chi connectivity index (χ1v) is 6.08. The van der Waals surface area contributed by atoms with Crippen LogP contribution in [0.5, 0.6) is 0 Å². The molecule has 0 aliphatic heterocycles. The molecule has 0 aliphatic carbocycles. The number of hydrogen-bond acceptors (Lipinski definition) is 4. The molecule has 0 rings (SSSR count). The van der Waals surface area contributed by atoms with Crippen molar-refractivity contribution in [2.24, 2.45) is 0 Å². The van der Waals surface area contributed by atoms with E-state index >= 15 is 0 Å². The van der Waals surface area contributed by atoms with Gasteiger partial charge in [-0.05, 0) is 20.8 Å². The fourth-order valence-corrected chi connectivity index (χ4v) is 1.40. The van der Waals surface area contributed by atoms with Crippen LogP contribution in [-0.4, -0.2) is 53.7 Å². The summed E-state index contributed by atoms with van der Waals surface area (Å²) in [5, 5.41) is 11.3.